The van der Waals surface area contributed by atoms with Gasteiger partial charge in [-0.25, -0.2) is 4.79 Å². The van der Waals surface area contributed by atoms with Crippen LogP contribution in [0.25, 0.3) is 0 Å². The van der Waals surface area contributed by atoms with Crippen LogP contribution in [0.2, 0.25) is 0 Å². The van der Waals surface area contributed by atoms with Crippen LogP contribution in [0.5, 0.6) is 5.75 Å². The number of ether oxygens (including phenoxy) is 2. The van der Waals surface area contributed by atoms with Crippen LogP contribution in [-0.4, -0.2) is 37.0 Å². The standard InChI is InChI=1S/C24H19NO7/c1-30-17-10-8-14(9-11-17)20-19(21(26)18-7-4-12-32-18)22(27)23(28)25(20)16-6-3-5-15(13-16)24(29)31-2/h3-13,20,27H,1-2H3. The van der Waals surface area contributed by atoms with Gasteiger partial charge in [-0.1, -0.05) is 18.2 Å². The maximum absolute atomic E-state index is 13.2. The smallest absolute Gasteiger partial charge is 0.337 e. The predicted octanol–water partition coefficient (Wildman–Crippen LogP) is 3.86. The Morgan fingerprint density at radius 1 is 1.03 bits per heavy atom. The van der Waals surface area contributed by atoms with Gasteiger partial charge in [-0.15, -0.1) is 0 Å². The molecule has 4 rings (SSSR count). The van der Waals surface area contributed by atoms with Gasteiger partial charge in [-0.3, -0.25) is 14.5 Å². The summed E-state index contributed by atoms with van der Waals surface area (Å²) in [5, 5.41) is 10.7. The molecule has 1 aromatic heterocycles. The van der Waals surface area contributed by atoms with Crippen LogP contribution < -0.4 is 9.64 Å². The first kappa shape index (κ1) is 20.9. The number of nitrogens with zero attached hydrogens (tertiary/aromatic N) is 1. The summed E-state index contributed by atoms with van der Waals surface area (Å²) in [5.74, 6) is -2.08. The molecule has 1 N–H and O–H groups in total. The molecule has 8 nitrogen and oxygen atoms in total. The van der Waals surface area contributed by atoms with Crippen molar-refractivity contribution in [2.75, 3.05) is 19.1 Å². The fourth-order valence-corrected chi connectivity index (χ4v) is 3.65. The summed E-state index contributed by atoms with van der Waals surface area (Å²) >= 11 is 0. The van der Waals surface area contributed by atoms with E-state index >= 15 is 0 Å². The number of carbonyl (C=O) groups is 3. The van der Waals surface area contributed by atoms with Gasteiger partial charge >= 0.3 is 5.97 Å². The molecule has 8 heteroatoms. The fraction of sp³-hybridized carbons (Fsp3) is 0.125. The van der Waals surface area contributed by atoms with Crippen molar-refractivity contribution in [3.63, 3.8) is 0 Å². The monoisotopic (exact) mass is 433 g/mol. The molecule has 32 heavy (non-hydrogen) atoms. The highest BCUT2D eigenvalue weighted by atomic mass is 16.5. The number of rotatable bonds is 6. The van der Waals surface area contributed by atoms with E-state index in [9.17, 15) is 19.5 Å². The summed E-state index contributed by atoms with van der Waals surface area (Å²) in [6.45, 7) is 0. The summed E-state index contributed by atoms with van der Waals surface area (Å²) in [6, 6.07) is 15.0. The van der Waals surface area contributed by atoms with Crippen molar-refractivity contribution in [3.05, 3.63) is 95.1 Å². The van der Waals surface area contributed by atoms with Gasteiger partial charge in [0.05, 0.1) is 37.7 Å². The van der Waals surface area contributed by atoms with Crippen molar-refractivity contribution in [1.29, 1.82) is 0 Å². The Hall–Kier alpha value is -4.33. The van der Waals surface area contributed by atoms with Gasteiger partial charge in [-0.2, -0.15) is 0 Å². The molecule has 1 atom stereocenters. The third kappa shape index (κ3) is 3.51. The van der Waals surface area contributed by atoms with Gasteiger partial charge < -0.3 is 19.0 Å². The van der Waals surface area contributed by atoms with Crippen LogP contribution in [0.1, 0.15) is 32.5 Å². The molecule has 1 amide bonds. The van der Waals surface area contributed by atoms with Crippen molar-refractivity contribution >= 4 is 23.3 Å². The molecule has 0 saturated carbocycles. The number of Topliss-reactive ketones (excluding diaryl/α,β-unsaturated/α-hetero) is 1. The second-order valence-corrected chi connectivity index (χ2v) is 6.96. The van der Waals surface area contributed by atoms with Gasteiger partial charge in [0.1, 0.15) is 5.75 Å². The number of aliphatic hydroxyl groups is 1. The lowest BCUT2D eigenvalue weighted by Gasteiger charge is -2.27. The second kappa shape index (κ2) is 8.43. The molecule has 2 heterocycles. The maximum atomic E-state index is 13.2. The van der Waals surface area contributed by atoms with E-state index < -0.39 is 29.5 Å². The number of ketones is 1. The summed E-state index contributed by atoms with van der Waals surface area (Å²) in [5.41, 5.74) is 0.962. The molecular formula is C24H19NO7. The van der Waals surface area contributed by atoms with Gasteiger partial charge in [0.15, 0.2) is 11.5 Å². The zero-order valence-corrected chi connectivity index (χ0v) is 17.3. The number of anilines is 1. The molecule has 0 spiro atoms. The summed E-state index contributed by atoms with van der Waals surface area (Å²) in [7, 11) is 2.78. The SMILES string of the molecule is COC(=O)c1cccc(N2C(=O)C(O)=C(C(=O)c3ccco3)C2c2ccc(OC)cc2)c1. The van der Waals surface area contributed by atoms with Crippen molar-refractivity contribution in [1.82, 2.24) is 0 Å². The Labute approximate surface area is 183 Å². The largest absolute Gasteiger partial charge is 0.503 e. The average Bonchev–Trinajstić information content (AvgIpc) is 3.46. The van der Waals surface area contributed by atoms with Crippen LogP contribution in [0.3, 0.4) is 0 Å². The first-order valence-corrected chi connectivity index (χ1v) is 9.63. The minimum atomic E-state index is -0.959. The van der Waals surface area contributed by atoms with Crippen molar-refractivity contribution in [2.45, 2.75) is 6.04 Å². The highest BCUT2D eigenvalue weighted by Gasteiger charge is 2.45. The molecule has 0 saturated heterocycles. The highest BCUT2D eigenvalue weighted by Crippen LogP contribution is 2.42. The van der Waals surface area contributed by atoms with Crippen LogP contribution in [-0.2, 0) is 9.53 Å². The number of amides is 1. The fourth-order valence-electron chi connectivity index (χ4n) is 3.65. The van der Waals surface area contributed by atoms with E-state index in [-0.39, 0.29) is 16.9 Å². The average molecular weight is 433 g/mol. The normalized spacial score (nSPS) is 15.8. The van der Waals surface area contributed by atoms with Gasteiger partial charge in [0.25, 0.3) is 5.91 Å². The highest BCUT2D eigenvalue weighted by molar-refractivity contribution is 6.20. The van der Waals surface area contributed by atoms with Gasteiger partial charge in [0.2, 0.25) is 5.78 Å². The molecular weight excluding hydrogens is 414 g/mol. The minimum Gasteiger partial charge on any atom is -0.503 e. The number of furan rings is 1. The Bertz CT molecular complexity index is 1210. The van der Waals surface area contributed by atoms with Crippen molar-refractivity contribution < 1.29 is 33.4 Å². The molecule has 1 aliphatic rings. The predicted molar refractivity (Wildman–Crippen MR) is 114 cm³/mol. The Balaban J connectivity index is 1.86. The summed E-state index contributed by atoms with van der Waals surface area (Å²) in [4.78, 5) is 39.6. The van der Waals surface area contributed by atoms with E-state index in [1.54, 1.807) is 48.5 Å². The van der Waals surface area contributed by atoms with E-state index in [2.05, 4.69) is 0 Å². The number of aliphatic hydroxyl groups excluding tert-OH is 1. The number of carbonyl (C=O) groups excluding carboxylic acids is 3. The summed E-state index contributed by atoms with van der Waals surface area (Å²) in [6.07, 6.45) is 1.33. The van der Waals surface area contributed by atoms with Crippen LogP contribution >= 0.6 is 0 Å². The van der Waals surface area contributed by atoms with E-state index in [1.165, 1.54) is 37.5 Å². The Morgan fingerprint density at radius 3 is 2.41 bits per heavy atom. The van der Waals surface area contributed by atoms with Crippen LogP contribution in [0.15, 0.2) is 82.7 Å². The number of esters is 1. The molecule has 1 unspecified atom stereocenters. The van der Waals surface area contributed by atoms with E-state index in [1.807, 2.05) is 0 Å². The lowest BCUT2D eigenvalue weighted by atomic mass is 9.94. The lowest BCUT2D eigenvalue weighted by molar-refractivity contribution is -0.117. The molecule has 2 aromatic carbocycles. The third-order valence-corrected chi connectivity index (χ3v) is 5.17. The lowest BCUT2D eigenvalue weighted by Crippen LogP contribution is -2.31. The van der Waals surface area contributed by atoms with E-state index in [0.717, 1.165) is 0 Å². The van der Waals surface area contributed by atoms with E-state index in [0.29, 0.717) is 17.0 Å². The molecule has 162 valence electrons. The Morgan fingerprint density at radius 2 is 1.78 bits per heavy atom. The molecule has 1 aliphatic heterocycles. The van der Waals surface area contributed by atoms with Crippen molar-refractivity contribution in [2.24, 2.45) is 0 Å². The second-order valence-electron chi connectivity index (χ2n) is 6.96. The molecule has 0 bridgehead atoms. The topological polar surface area (TPSA) is 106 Å². The van der Waals surface area contributed by atoms with Gasteiger partial charge in [0, 0.05) is 5.69 Å². The first-order valence-electron chi connectivity index (χ1n) is 9.63. The Kier molecular flexibility index (Phi) is 5.51. The van der Waals surface area contributed by atoms with Crippen LogP contribution in [0, 0.1) is 0 Å². The number of benzene rings is 2. The number of methoxy groups -OCH3 is 2. The van der Waals surface area contributed by atoms with E-state index in [4.69, 9.17) is 13.9 Å². The molecule has 0 fully saturated rings. The zero-order valence-electron chi connectivity index (χ0n) is 17.3. The van der Waals surface area contributed by atoms with Gasteiger partial charge in [-0.05, 0) is 48.0 Å². The minimum absolute atomic E-state index is 0.0111. The maximum Gasteiger partial charge on any atom is 0.337 e. The van der Waals surface area contributed by atoms with Crippen molar-refractivity contribution in [3.8, 4) is 5.75 Å². The summed E-state index contributed by atoms with van der Waals surface area (Å²) < 4.78 is 15.2. The first-order chi connectivity index (χ1) is 15.5. The number of hydrogen-bond donors (Lipinski definition) is 1. The zero-order chi connectivity index (χ0) is 22.8. The quantitative estimate of drug-likeness (QED) is 0.465. The third-order valence-electron chi connectivity index (χ3n) is 5.17. The molecule has 3 aromatic rings. The molecule has 0 radical (unpaired) electrons. The number of hydrogen-bond acceptors (Lipinski definition) is 7. The molecule has 0 aliphatic carbocycles. The van der Waals surface area contributed by atoms with Crippen LogP contribution in [0.4, 0.5) is 5.69 Å².